The Bertz CT molecular complexity index is 114. The molecule has 1 unspecified atom stereocenters. The van der Waals surface area contributed by atoms with E-state index >= 15 is 0 Å². The van der Waals surface area contributed by atoms with E-state index in [9.17, 15) is 0 Å². The fraction of sp³-hybridized carbons (Fsp3) is 0.500. The van der Waals surface area contributed by atoms with E-state index in [1.54, 1.807) is 0 Å². The maximum Gasteiger partial charge on any atom is 0.0639 e. The number of aliphatic hydroxyl groups is 1. The molecule has 0 radical (unpaired) electrons. The molecule has 0 rings (SSSR count). The Hall–Kier alpha value is -0.560. The Morgan fingerprint density at radius 2 is 2.33 bits per heavy atom. The maximum atomic E-state index is 8.58. The van der Waals surface area contributed by atoms with Crippen molar-refractivity contribution in [2.24, 2.45) is 5.92 Å². The van der Waals surface area contributed by atoms with Gasteiger partial charge >= 0.3 is 0 Å². The number of rotatable bonds is 3. The molecule has 0 aromatic rings. The van der Waals surface area contributed by atoms with Crippen molar-refractivity contribution in [2.45, 2.75) is 13.8 Å². The zero-order valence-electron chi connectivity index (χ0n) is 6.09. The van der Waals surface area contributed by atoms with Gasteiger partial charge in [-0.15, -0.1) is 6.58 Å². The summed E-state index contributed by atoms with van der Waals surface area (Å²) in [4.78, 5) is 0. The lowest BCUT2D eigenvalue weighted by Gasteiger charge is -1.98. The van der Waals surface area contributed by atoms with Crippen LogP contribution < -0.4 is 0 Å². The van der Waals surface area contributed by atoms with E-state index in [4.69, 9.17) is 5.11 Å². The van der Waals surface area contributed by atoms with E-state index in [0.29, 0.717) is 5.92 Å². The highest BCUT2D eigenvalue weighted by Gasteiger charge is 1.89. The monoisotopic (exact) mass is 126 g/mol. The second-order valence-electron chi connectivity index (χ2n) is 2.27. The number of aliphatic hydroxyl groups excluding tert-OH is 1. The first-order valence-electron chi connectivity index (χ1n) is 3.11. The van der Waals surface area contributed by atoms with Gasteiger partial charge in [0.05, 0.1) is 6.61 Å². The summed E-state index contributed by atoms with van der Waals surface area (Å²) in [6.45, 7) is 7.71. The molecule has 0 saturated carbocycles. The van der Waals surface area contributed by atoms with Gasteiger partial charge in [-0.25, -0.2) is 0 Å². The normalized spacial score (nSPS) is 15.2. The van der Waals surface area contributed by atoms with Crippen LogP contribution >= 0.6 is 0 Å². The summed E-state index contributed by atoms with van der Waals surface area (Å²) in [5.74, 6) is 0.372. The molecule has 52 valence electrons. The maximum absolute atomic E-state index is 8.58. The Labute approximate surface area is 56.7 Å². The van der Waals surface area contributed by atoms with Crippen molar-refractivity contribution in [3.05, 3.63) is 24.3 Å². The third-order valence-corrected chi connectivity index (χ3v) is 1.17. The smallest absolute Gasteiger partial charge is 0.0639 e. The van der Waals surface area contributed by atoms with Gasteiger partial charge < -0.3 is 5.11 Å². The molecule has 0 saturated heterocycles. The van der Waals surface area contributed by atoms with Crippen LogP contribution in [-0.4, -0.2) is 11.7 Å². The van der Waals surface area contributed by atoms with E-state index < -0.39 is 0 Å². The number of allylic oxidation sites excluding steroid dienone is 2. The average molecular weight is 126 g/mol. The molecule has 0 heterocycles. The summed E-state index contributed by atoms with van der Waals surface area (Å²) in [6, 6.07) is 0. The minimum absolute atomic E-state index is 0.151. The molecule has 0 aliphatic heterocycles. The van der Waals surface area contributed by atoms with E-state index in [2.05, 4.69) is 6.58 Å². The quantitative estimate of drug-likeness (QED) is 0.571. The van der Waals surface area contributed by atoms with Crippen LogP contribution in [0.2, 0.25) is 0 Å². The summed E-state index contributed by atoms with van der Waals surface area (Å²) in [7, 11) is 0. The van der Waals surface area contributed by atoms with Gasteiger partial charge in [-0.2, -0.15) is 0 Å². The fourth-order valence-electron chi connectivity index (χ4n) is 0.570. The van der Waals surface area contributed by atoms with E-state index in [1.807, 2.05) is 26.0 Å². The zero-order valence-corrected chi connectivity index (χ0v) is 6.09. The molecule has 0 aromatic heterocycles. The molecule has 0 amide bonds. The second kappa shape index (κ2) is 4.33. The Kier molecular flexibility index (Phi) is 4.06. The first kappa shape index (κ1) is 8.44. The third kappa shape index (κ3) is 3.98. The minimum atomic E-state index is 0.151. The first-order chi connectivity index (χ1) is 4.20. The second-order valence-corrected chi connectivity index (χ2v) is 2.27. The lowest BCUT2D eigenvalue weighted by atomic mass is 10.1. The molecule has 1 nitrogen and oxygen atoms in total. The molecule has 0 bridgehead atoms. The molecule has 0 aliphatic rings. The van der Waals surface area contributed by atoms with Crippen LogP contribution in [0.25, 0.3) is 0 Å². The molecule has 0 aliphatic carbocycles. The van der Waals surface area contributed by atoms with Crippen LogP contribution in [0.1, 0.15) is 13.8 Å². The van der Waals surface area contributed by atoms with Crippen molar-refractivity contribution in [1.29, 1.82) is 0 Å². The van der Waals surface area contributed by atoms with Gasteiger partial charge in [0.25, 0.3) is 0 Å². The van der Waals surface area contributed by atoms with Crippen LogP contribution in [0, 0.1) is 5.92 Å². The molecule has 1 heteroatoms. The van der Waals surface area contributed by atoms with Crippen molar-refractivity contribution >= 4 is 0 Å². The molecule has 0 aromatic carbocycles. The van der Waals surface area contributed by atoms with Crippen LogP contribution in [0.5, 0.6) is 0 Å². The zero-order chi connectivity index (χ0) is 7.28. The van der Waals surface area contributed by atoms with Gasteiger partial charge in [-0.3, -0.25) is 0 Å². The number of hydrogen-bond acceptors (Lipinski definition) is 1. The average Bonchev–Trinajstić information content (AvgIpc) is 1.87. The summed E-state index contributed by atoms with van der Waals surface area (Å²) in [5, 5.41) is 8.58. The molecule has 9 heavy (non-hydrogen) atoms. The summed E-state index contributed by atoms with van der Waals surface area (Å²) < 4.78 is 0. The van der Waals surface area contributed by atoms with Crippen molar-refractivity contribution < 1.29 is 5.11 Å². The summed E-state index contributed by atoms with van der Waals surface area (Å²) in [6.07, 6.45) is 3.84. The van der Waals surface area contributed by atoms with Crippen molar-refractivity contribution in [1.82, 2.24) is 0 Å². The Balaban J connectivity index is 3.78. The Morgan fingerprint density at radius 1 is 1.78 bits per heavy atom. The van der Waals surface area contributed by atoms with Crippen LogP contribution in [-0.2, 0) is 0 Å². The molecular weight excluding hydrogens is 112 g/mol. The van der Waals surface area contributed by atoms with Crippen molar-refractivity contribution in [3.63, 3.8) is 0 Å². The van der Waals surface area contributed by atoms with Gasteiger partial charge in [0.15, 0.2) is 0 Å². The predicted molar refractivity (Wildman–Crippen MR) is 40.2 cm³/mol. The van der Waals surface area contributed by atoms with Gasteiger partial charge in [0, 0.05) is 0 Å². The molecule has 1 N–H and O–H groups in total. The summed E-state index contributed by atoms with van der Waals surface area (Å²) >= 11 is 0. The minimum Gasteiger partial charge on any atom is -0.392 e. The standard InChI is InChI=1S/C8H14O/c1-4-7(2)5-8(3)6-9/h4-5,7,9H,1,6H2,2-3H3/b8-5+. The predicted octanol–water partition coefficient (Wildman–Crippen LogP) is 1.75. The van der Waals surface area contributed by atoms with E-state index in [0.717, 1.165) is 5.57 Å². The van der Waals surface area contributed by atoms with E-state index in [1.165, 1.54) is 0 Å². The third-order valence-electron chi connectivity index (χ3n) is 1.17. The first-order valence-corrected chi connectivity index (χ1v) is 3.11. The summed E-state index contributed by atoms with van der Waals surface area (Å²) in [5.41, 5.74) is 1.00. The van der Waals surface area contributed by atoms with Gasteiger partial charge in [-0.05, 0) is 12.8 Å². The molecule has 0 fully saturated rings. The van der Waals surface area contributed by atoms with Gasteiger partial charge in [0.1, 0.15) is 0 Å². The van der Waals surface area contributed by atoms with Gasteiger partial charge in [-0.1, -0.05) is 24.6 Å². The number of hydrogen-bond donors (Lipinski definition) is 1. The molecular formula is C8H14O. The van der Waals surface area contributed by atoms with Crippen molar-refractivity contribution in [3.8, 4) is 0 Å². The largest absolute Gasteiger partial charge is 0.392 e. The highest BCUT2D eigenvalue weighted by molar-refractivity contribution is 5.04. The highest BCUT2D eigenvalue weighted by atomic mass is 16.3. The molecule has 1 atom stereocenters. The van der Waals surface area contributed by atoms with Crippen LogP contribution in [0.15, 0.2) is 24.3 Å². The fourth-order valence-corrected chi connectivity index (χ4v) is 0.570. The highest BCUT2D eigenvalue weighted by Crippen LogP contribution is 2.01. The SMILES string of the molecule is C=CC(C)/C=C(\C)CO. The molecule has 0 spiro atoms. The Morgan fingerprint density at radius 3 is 2.67 bits per heavy atom. The van der Waals surface area contributed by atoms with E-state index in [-0.39, 0.29) is 6.61 Å². The van der Waals surface area contributed by atoms with Crippen LogP contribution in [0.4, 0.5) is 0 Å². The lowest BCUT2D eigenvalue weighted by Crippen LogP contribution is -1.88. The van der Waals surface area contributed by atoms with Crippen LogP contribution in [0.3, 0.4) is 0 Å². The lowest BCUT2D eigenvalue weighted by molar-refractivity contribution is 0.330. The van der Waals surface area contributed by atoms with Gasteiger partial charge in [0.2, 0.25) is 0 Å². The topological polar surface area (TPSA) is 20.2 Å². The van der Waals surface area contributed by atoms with Crippen molar-refractivity contribution in [2.75, 3.05) is 6.61 Å².